The van der Waals surface area contributed by atoms with Crippen molar-refractivity contribution in [2.24, 2.45) is 0 Å². The number of allylic oxidation sites excluding steroid dienone is 1. The van der Waals surface area contributed by atoms with E-state index in [4.69, 9.17) is 0 Å². The van der Waals surface area contributed by atoms with Gasteiger partial charge in [0.1, 0.15) is 6.29 Å². The van der Waals surface area contributed by atoms with E-state index < -0.39 is 0 Å². The monoisotopic (exact) mass is 170 g/mol. The number of aldehydes is 1. The Labute approximate surface area is 72.2 Å². The standard InChI is InChI=1S/C9H14OS/c1-11-9(7-4-8-10)5-2-3-6-9/h4,7-8H,2-3,5-6H2,1H3/b7-4+. The first-order chi connectivity index (χ1) is 5.33. The highest BCUT2D eigenvalue weighted by Crippen LogP contribution is 2.41. The Kier molecular flexibility index (Phi) is 3.18. The molecule has 0 unspecified atom stereocenters. The first-order valence-electron chi connectivity index (χ1n) is 4.01. The number of hydrogen-bond donors (Lipinski definition) is 0. The van der Waals surface area contributed by atoms with Crippen LogP contribution in [0.2, 0.25) is 0 Å². The first-order valence-corrected chi connectivity index (χ1v) is 5.24. The fraction of sp³-hybridized carbons (Fsp3) is 0.667. The van der Waals surface area contributed by atoms with Gasteiger partial charge in [-0.05, 0) is 25.2 Å². The molecule has 0 amide bonds. The lowest BCUT2D eigenvalue weighted by molar-refractivity contribution is -0.104. The Bertz CT molecular complexity index is 157. The molecule has 0 aromatic rings. The Morgan fingerprint density at radius 3 is 2.45 bits per heavy atom. The fourth-order valence-electron chi connectivity index (χ4n) is 1.63. The summed E-state index contributed by atoms with van der Waals surface area (Å²) < 4.78 is 0.293. The lowest BCUT2D eigenvalue weighted by atomic mass is 10.1. The SMILES string of the molecule is CSC1(/C=C/C=O)CCCC1. The minimum absolute atomic E-state index is 0.293. The Morgan fingerprint density at radius 2 is 2.00 bits per heavy atom. The van der Waals surface area contributed by atoms with E-state index in [0.29, 0.717) is 4.75 Å². The van der Waals surface area contributed by atoms with Crippen LogP contribution in [-0.2, 0) is 4.79 Å². The van der Waals surface area contributed by atoms with E-state index in [1.165, 1.54) is 25.7 Å². The zero-order chi connectivity index (χ0) is 8.16. The molecule has 1 nitrogen and oxygen atoms in total. The normalized spacial score (nSPS) is 22.6. The van der Waals surface area contributed by atoms with Crippen LogP contribution in [0, 0.1) is 0 Å². The quantitative estimate of drug-likeness (QED) is 0.478. The van der Waals surface area contributed by atoms with Crippen molar-refractivity contribution >= 4 is 18.0 Å². The van der Waals surface area contributed by atoms with E-state index in [9.17, 15) is 4.79 Å². The Morgan fingerprint density at radius 1 is 1.36 bits per heavy atom. The van der Waals surface area contributed by atoms with Crippen LogP contribution in [0.5, 0.6) is 0 Å². The Balaban J connectivity index is 2.58. The van der Waals surface area contributed by atoms with Crippen molar-refractivity contribution in [2.45, 2.75) is 30.4 Å². The third-order valence-corrected chi connectivity index (χ3v) is 3.69. The third kappa shape index (κ3) is 2.09. The van der Waals surface area contributed by atoms with Crippen LogP contribution in [0.4, 0.5) is 0 Å². The van der Waals surface area contributed by atoms with Gasteiger partial charge in [-0.1, -0.05) is 18.9 Å². The highest BCUT2D eigenvalue weighted by Gasteiger charge is 2.29. The van der Waals surface area contributed by atoms with Crippen molar-refractivity contribution in [3.63, 3.8) is 0 Å². The van der Waals surface area contributed by atoms with Crippen LogP contribution in [0.15, 0.2) is 12.2 Å². The molecule has 1 saturated carbocycles. The summed E-state index contributed by atoms with van der Waals surface area (Å²) in [6.45, 7) is 0. The van der Waals surface area contributed by atoms with Crippen LogP contribution in [0.25, 0.3) is 0 Å². The summed E-state index contributed by atoms with van der Waals surface area (Å²) in [4.78, 5) is 10.1. The highest BCUT2D eigenvalue weighted by atomic mass is 32.2. The molecule has 0 heterocycles. The molecule has 0 N–H and O–H groups in total. The van der Waals surface area contributed by atoms with Crippen molar-refractivity contribution < 1.29 is 4.79 Å². The molecule has 0 radical (unpaired) electrons. The zero-order valence-corrected chi connectivity index (χ0v) is 7.69. The zero-order valence-electron chi connectivity index (χ0n) is 6.88. The second-order valence-electron chi connectivity index (χ2n) is 2.97. The average molecular weight is 170 g/mol. The summed E-state index contributed by atoms with van der Waals surface area (Å²) in [6.07, 6.45) is 11.8. The minimum Gasteiger partial charge on any atom is -0.299 e. The summed E-state index contributed by atoms with van der Waals surface area (Å²) in [5.41, 5.74) is 0. The molecule has 1 aliphatic carbocycles. The molecule has 0 bridgehead atoms. The van der Waals surface area contributed by atoms with Gasteiger partial charge in [0.15, 0.2) is 0 Å². The van der Waals surface area contributed by atoms with Crippen LogP contribution in [-0.4, -0.2) is 17.3 Å². The summed E-state index contributed by atoms with van der Waals surface area (Å²) in [5.74, 6) is 0. The molecular formula is C9H14OS. The van der Waals surface area contributed by atoms with Crippen molar-refractivity contribution in [3.05, 3.63) is 12.2 Å². The maximum absolute atomic E-state index is 10.1. The van der Waals surface area contributed by atoms with Gasteiger partial charge in [-0.25, -0.2) is 0 Å². The maximum Gasteiger partial charge on any atom is 0.142 e. The number of carbonyl (C=O) groups is 1. The van der Waals surface area contributed by atoms with Gasteiger partial charge in [-0.15, -0.1) is 0 Å². The van der Waals surface area contributed by atoms with E-state index in [1.807, 2.05) is 11.8 Å². The fourth-order valence-corrected chi connectivity index (χ4v) is 2.54. The molecular weight excluding hydrogens is 156 g/mol. The summed E-state index contributed by atoms with van der Waals surface area (Å²) in [5, 5.41) is 0. The molecule has 0 saturated heterocycles. The van der Waals surface area contributed by atoms with E-state index >= 15 is 0 Å². The molecule has 1 rings (SSSR count). The lowest BCUT2D eigenvalue weighted by Crippen LogP contribution is -2.15. The summed E-state index contributed by atoms with van der Waals surface area (Å²) in [7, 11) is 0. The average Bonchev–Trinajstić information content (AvgIpc) is 2.50. The van der Waals surface area contributed by atoms with Gasteiger partial charge in [0, 0.05) is 4.75 Å². The topological polar surface area (TPSA) is 17.1 Å². The predicted molar refractivity (Wildman–Crippen MR) is 49.9 cm³/mol. The first kappa shape index (κ1) is 8.85. The number of carbonyl (C=O) groups excluding carboxylic acids is 1. The van der Waals surface area contributed by atoms with E-state index in [0.717, 1.165) is 6.29 Å². The second kappa shape index (κ2) is 3.96. The molecule has 2 heteroatoms. The van der Waals surface area contributed by atoms with Crippen molar-refractivity contribution in [2.75, 3.05) is 6.26 Å². The largest absolute Gasteiger partial charge is 0.299 e. The third-order valence-electron chi connectivity index (χ3n) is 2.33. The Hall–Kier alpha value is -0.240. The van der Waals surface area contributed by atoms with Gasteiger partial charge in [0.2, 0.25) is 0 Å². The van der Waals surface area contributed by atoms with E-state index in [-0.39, 0.29) is 0 Å². The molecule has 0 spiro atoms. The van der Waals surface area contributed by atoms with Crippen molar-refractivity contribution in [1.29, 1.82) is 0 Å². The van der Waals surface area contributed by atoms with Crippen LogP contribution < -0.4 is 0 Å². The number of hydrogen-bond acceptors (Lipinski definition) is 2. The molecule has 0 atom stereocenters. The minimum atomic E-state index is 0.293. The molecule has 11 heavy (non-hydrogen) atoms. The molecule has 62 valence electrons. The van der Waals surface area contributed by atoms with Gasteiger partial charge < -0.3 is 0 Å². The van der Waals surface area contributed by atoms with Crippen LogP contribution in [0.1, 0.15) is 25.7 Å². The predicted octanol–water partition coefficient (Wildman–Crippen LogP) is 2.42. The number of rotatable bonds is 3. The van der Waals surface area contributed by atoms with E-state index in [2.05, 4.69) is 12.3 Å². The molecule has 0 aromatic heterocycles. The molecule has 0 aliphatic heterocycles. The van der Waals surface area contributed by atoms with Gasteiger partial charge in [0.25, 0.3) is 0 Å². The highest BCUT2D eigenvalue weighted by molar-refractivity contribution is 8.00. The lowest BCUT2D eigenvalue weighted by Gasteiger charge is -2.21. The van der Waals surface area contributed by atoms with E-state index in [1.54, 1.807) is 6.08 Å². The van der Waals surface area contributed by atoms with Gasteiger partial charge in [0.05, 0.1) is 0 Å². The molecule has 1 fully saturated rings. The van der Waals surface area contributed by atoms with Crippen LogP contribution >= 0.6 is 11.8 Å². The molecule has 0 aromatic carbocycles. The second-order valence-corrected chi connectivity index (χ2v) is 4.19. The van der Waals surface area contributed by atoms with Gasteiger partial charge >= 0.3 is 0 Å². The molecule has 1 aliphatic rings. The van der Waals surface area contributed by atoms with Gasteiger partial charge in [-0.3, -0.25) is 4.79 Å². The van der Waals surface area contributed by atoms with Gasteiger partial charge in [-0.2, -0.15) is 11.8 Å². The summed E-state index contributed by atoms with van der Waals surface area (Å²) >= 11 is 1.87. The maximum atomic E-state index is 10.1. The summed E-state index contributed by atoms with van der Waals surface area (Å²) in [6, 6.07) is 0. The van der Waals surface area contributed by atoms with Crippen molar-refractivity contribution in [3.8, 4) is 0 Å². The van der Waals surface area contributed by atoms with Crippen molar-refractivity contribution in [1.82, 2.24) is 0 Å². The van der Waals surface area contributed by atoms with Crippen LogP contribution in [0.3, 0.4) is 0 Å². The number of thioether (sulfide) groups is 1. The smallest absolute Gasteiger partial charge is 0.142 e.